The molecule has 0 aliphatic rings. The molecule has 0 saturated heterocycles. The van der Waals surface area contributed by atoms with Gasteiger partial charge in [-0.1, -0.05) is 30.3 Å². The minimum absolute atomic E-state index is 0.00476. The van der Waals surface area contributed by atoms with Crippen molar-refractivity contribution < 1.29 is 9.21 Å². The SMILES string of the molecule is Cc1cc(C(=O)N(Cc2ccoc2)[C@H](C)CCc2ccccc2)n(C)n1. The molecule has 1 amide bonds. The topological polar surface area (TPSA) is 51.3 Å². The lowest BCUT2D eigenvalue weighted by molar-refractivity contribution is 0.0655. The van der Waals surface area contributed by atoms with Gasteiger partial charge < -0.3 is 9.32 Å². The molecule has 0 bridgehead atoms. The molecule has 2 aromatic heterocycles. The largest absolute Gasteiger partial charge is 0.472 e. The van der Waals surface area contributed by atoms with Crippen molar-refractivity contribution in [3.05, 3.63) is 77.5 Å². The minimum atomic E-state index is -0.00476. The summed E-state index contributed by atoms with van der Waals surface area (Å²) in [7, 11) is 1.81. The van der Waals surface area contributed by atoms with Crippen molar-refractivity contribution in [1.29, 1.82) is 0 Å². The van der Waals surface area contributed by atoms with Crippen LogP contribution in [0.1, 0.15) is 40.7 Å². The zero-order chi connectivity index (χ0) is 18.5. The maximum atomic E-state index is 13.2. The molecule has 0 aliphatic carbocycles. The monoisotopic (exact) mass is 351 g/mol. The van der Waals surface area contributed by atoms with Crippen LogP contribution in [0.15, 0.2) is 59.4 Å². The van der Waals surface area contributed by atoms with Gasteiger partial charge in [-0.15, -0.1) is 0 Å². The second kappa shape index (κ2) is 8.04. The summed E-state index contributed by atoms with van der Waals surface area (Å²) in [6.45, 7) is 4.52. The Balaban J connectivity index is 1.78. The highest BCUT2D eigenvalue weighted by molar-refractivity contribution is 5.92. The molecule has 5 nitrogen and oxygen atoms in total. The lowest BCUT2D eigenvalue weighted by Crippen LogP contribution is -2.39. The third kappa shape index (κ3) is 4.23. The van der Waals surface area contributed by atoms with E-state index in [9.17, 15) is 4.79 Å². The van der Waals surface area contributed by atoms with Crippen LogP contribution in [0.25, 0.3) is 0 Å². The zero-order valence-corrected chi connectivity index (χ0v) is 15.6. The molecule has 0 unspecified atom stereocenters. The van der Waals surface area contributed by atoms with E-state index in [1.54, 1.807) is 17.2 Å². The van der Waals surface area contributed by atoms with Crippen LogP contribution in [-0.4, -0.2) is 26.6 Å². The van der Waals surface area contributed by atoms with Crippen LogP contribution in [0.3, 0.4) is 0 Å². The van der Waals surface area contributed by atoms with Crippen LogP contribution in [0, 0.1) is 6.92 Å². The number of hydrogen-bond acceptors (Lipinski definition) is 3. The van der Waals surface area contributed by atoms with E-state index in [2.05, 4.69) is 24.2 Å². The van der Waals surface area contributed by atoms with Crippen molar-refractivity contribution >= 4 is 5.91 Å². The van der Waals surface area contributed by atoms with Crippen molar-refractivity contribution in [3.8, 4) is 0 Å². The average molecular weight is 351 g/mol. The predicted molar refractivity (Wildman–Crippen MR) is 101 cm³/mol. The molecule has 2 heterocycles. The number of amides is 1. The number of aromatic nitrogens is 2. The molecule has 5 heteroatoms. The van der Waals surface area contributed by atoms with Gasteiger partial charge in [0.2, 0.25) is 0 Å². The standard InChI is InChI=1S/C21H25N3O2/c1-16-13-20(23(3)22-16)21(25)24(14-19-11-12-26-15-19)17(2)9-10-18-7-5-4-6-8-18/h4-8,11-13,15,17H,9-10,14H2,1-3H3/t17-/m1/s1. The van der Waals surface area contributed by atoms with Crippen molar-refractivity contribution in [3.63, 3.8) is 0 Å². The first-order valence-electron chi connectivity index (χ1n) is 8.91. The quantitative estimate of drug-likeness (QED) is 0.647. The summed E-state index contributed by atoms with van der Waals surface area (Å²) in [6.07, 6.45) is 5.16. The van der Waals surface area contributed by atoms with Gasteiger partial charge in [0.1, 0.15) is 5.69 Å². The lowest BCUT2D eigenvalue weighted by Gasteiger charge is -2.29. The van der Waals surface area contributed by atoms with Gasteiger partial charge in [0.15, 0.2) is 0 Å². The highest BCUT2D eigenvalue weighted by Gasteiger charge is 2.24. The van der Waals surface area contributed by atoms with Crippen LogP contribution in [0.4, 0.5) is 0 Å². The van der Waals surface area contributed by atoms with Gasteiger partial charge >= 0.3 is 0 Å². The molecular weight excluding hydrogens is 326 g/mol. The minimum Gasteiger partial charge on any atom is -0.472 e. The fourth-order valence-electron chi connectivity index (χ4n) is 3.14. The van der Waals surface area contributed by atoms with Crippen LogP contribution in [-0.2, 0) is 20.0 Å². The number of furan rings is 1. The summed E-state index contributed by atoms with van der Waals surface area (Å²) in [4.78, 5) is 15.1. The highest BCUT2D eigenvalue weighted by Crippen LogP contribution is 2.18. The normalized spacial score (nSPS) is 12.1. The maximum absolute atomic E-state index is 13.2. The van der Waals surface area contributed by atoms with Crippen molar-refractivity contribution in [2.24, 2.45) is 7.05 Å². The number of benzene rings is 1. The van der Waals surface area contributed by atoms with Gasteiger partial charge in [-0.05, 0) is 44.4 Å². The highest BCUT2D eigenvalue weighted by atomic mass is 16.3. The first-order chi connectivity index (χ1) is 12.5. The van der Waals surface area contributed by atoms with Gasteiger partial charge in [0, 0.05) is 25.2 Å². The summed E-state index contributed by atoms with van der Waals surface area (Å²) >= 11 is 0. The van der Waals surface area contributed by atoms with Gasteiger partial charge in [-0.25, -0.2) is 0 Å². The maximum Gasteiger partial charge on any atom is 0.272 e. The number of nitrogens with zero attached hydrogens (tertiary/aromatic N) is 3. The summed E-state index contributed by atoms with van der Waals surface area (Å²) in [5.41, 5.74) is 3.73. The van der Waals surface area contributed by atoms with E-state index in [-0.39, 0.29) is 11.9 Å². The van der Waals surface area contributed by atoms with E-state index >= 15 is 0 Å². The Bertz CT molecular complexity index is 838. The summed E-state index contributed by atoms with van der Waals surface area (Å²) in [6, 6.07) is 14.2. The first-order valence-corrected chi connectivity index (χ1v) is 8.91. The molecule has 0 saturated carbocycles. The molecule has 0 fully saturated rings. The molecular formula is C21H25N3O2. The van der Waals surface area contributed by atoms with Crippen LogP contribution in [0.2, 0.25) is 0 Å². The number of aryl methyl sites for hydroxylation is 3. The van der Waals surface area contributed by atoms with Gasteiger partial charge in [-0.2, -0.15) is 5.10 Å². The summed E-state index contributed by atoms with van der Waals surface area (Å²) in [5, 5.41) is 4.32. The predicted octanol–water partition coefficient (Wildman–Crippen LogP) is 3.99. The molecule has 3 aromatic rings. The van der Waals surface area contributed by atoms with E-state index in [4.69, 9.17) is 4.42 Å². The van der Waals surface area contributed by atoms with E-state index < -0.39 is 0 Å². The van der Waals surface area contributed by atoms with Crippen LogP contribution >= 0.6 is 0 Å². The average Bonchev–Trinajstić information content (AvgIpc) is 3.27. The van der Waals surface area contributed by atoms with Crippen molar-refractivity contribution in [2.45, 2.75) is 39.3 Å². The smallest absolute Gasteiger partial charge is 0.272 e. The molecule has 0 spiro atoms. The molecule has 26 heavy (non-hydrogen) atoms. The Morgan fingerprint density at radius 2 is 2.00 bits per heavy atom. The Morgan fingerprint density at radius 3 is 2.62 bits per heavy atom. The van der Waals surface area contributed by atoms with Crippen LogP contribution in [0.5, 0.6) is 0 Å². The molecule has 0 radical (unpaired) electrons. The third-order valence-corrected chi connectivity index (χ3v) is 4.64. The van der Waals surface area contributed by atoms with E-state index in [1.807, 2.05) is 49.2 Å². The van der Waals surface area contributed by atoms with Crippen LogP contribution < -0.4 is 0 Å². The molecule has 1 atom stereocenters. The Hall–Kier alpha value is -2.82. The third-order valence-electron chi connectivity index (χ3n) is 4.64. The molecule has 0 N–H and O–H groups in total. The first kappa shape index (κ1) is 18.0. The summed E-state index contributed by atoms with van der Waals surface area (Å²) < 4.78 is 6.84. The molecule has 1 aromatic carbocycles. The number of carbonyl (C=O) groups is 1. The van der Waals surface area contributed by atoms with Gasteiger partial charge in [0.05, 0.1) is 18.2 Å². The van der Waals surface area contributed by atoms with E-state index in [0.29, 0.717) is 12.2 Å². The summed E-state index contributed by atoms with van der Waals surface area (Å²) in [5.74, 6) is -0.00476. The second-order valence-corrected chi connectivity index (χ2v) is 6.73. The number of carbonyl (C=O) groups excluding carboxylic acids is 1. The van der Waals surface area contributed by atoms with E-state index in [1.165, 1.54) is 5.56 Å². The fraction of sp³-hybridized carbons (Fsp3) is 0.333. The van der Waals surface area contributed by atoms with Gasteiger partial charge in [0.25, 0.3) is 5.91 Å². The number of hydrogen-bond donors (Lipinski definition) is 0. The molecule has 0 aliphatic heterocycles. The second-order valence-electron chi connectivity index (χ2n) is 6.73. The van der Waals surface area contributed by atoms with Crippen molar-refractivity contribution in [2.75, 3.05) is 0 Å². The Morgan fingerprint density at radius 1 is 1.23 bits per heavy atom. The van der Waals surface area contributed by atoms with Gasteiger partial charge in [-0.3, -0.25) is 9.48 Å². The van der Waals surface area contributed by atoms with E-state index in [0.717, 1.165) is 24.1 Å². The Kier molecular flexibility index (Phi) is 5.56. The zero-order valence-electron chi connectivity index (χ0n) is 15.6. The molecule has 3 rings (SSSR count). The van der Waals surface area contributed by atoms with Crippen molar-refractivity contribution in [1.82, 2.24) is 14.7 Å². The number of rotatable bonds is 7. The molecule has 136 valence electrons. The lowest BCUT2D eigenvalue weighted by atomic mass is 10.0. The Labute approximate surface area is 154 Å². The fourth-order valence-corrected chi connectivity index (χ4v) is 3.14.